The standard InChI is InChI=1S/C48H47BS4/c1-46(2,3)34-28-35(47(4,5)6)45(36(29-34)48(7,8)9)49-37-18-16-32(39-20-22-43(52-39)41-12-10-24-50-41)26-30(37)14-15-31-27-33(17-19-38(31)49)40-21-23-44(53-40)42-13-11-25-51-42/h10-29H,1-9H3. The first-order valence-electron chi connectivity index (χ1n) is 18.6. The third-order valence-corrected chi connectivity index (χ3v) is 14.9. The van der Waals surface area contributed by atoms with Crippen molar-refractivity contribution in [1.29, 1.82) is 0 Å². The molecule has 5 heterocycles. The molecular weight excluding hydrogens is 716 g/mol. The normalized spacial score (nSPS) is 13.3. The van der Waals surface area contributed by atoms with Gasteiger partial charge in [-0.25, -0.2) is 0 Å². The van der Waals surface area contributed by atoms with Crippen LogP contribution in [0.3, 0.4) is 0 Å². The van der Waals surface area contributed by atoms with Crippen LogP contribution in [-0.2, 0) is 16.2 Å². The maximum absolute atomic E-state index is 2.54. The zero-order valence-electron chi connectivity index (χ0n) is 32.3. The second kappa shape index (κ2) is 13.5. The molecule has 8 rings (SSSR count). The Bertz CT molecular complexity index is 2280. The summed E-state index contributed by atoms with van der Waals surface area (Å²) in [5.74, 6) is 0. The van der Waals surface area contributed by atoms with E-state index in [0.29, 0.717) is 0 Å². The van der Waals surface area contributed by atoms with Gasteiger partial charge in [-0.2, -0.15) is 0 Å². The van der Waals surface area contributed by atoms with Crippen molar-refractivity contribution < 1.29 is 0 Å². The van der Waals surface area contributed by atoms with Crippen LogP contribution in [0.1, 0.15) is 90.1 Å². The zero-order chi connectivity index (χ0) is 37.3. The van der Waals surface area contributed by atoms with Gasteiger partial charge in [-0.1, -0.05) is 139 Å². The van der Waals surface area contributed by atoms with Gasteiger partial charge in [0.1, 0.15) is 0 Å². The Morgan fingerprint density at radius 3 is 1.25 bits per heavy atom. The Morgan fingerprint density at radius 1 is 0.434 bits per heavy atom. The van der Waals surface area contributed by atoms with E-state index in [4.69, 9.17) is 0 Å². The lowest BCUT2D eigenvalue weighted by molar-refractivity contribution is 0.553. The smallest absolute Gasteiger partial charge is 0.143 e. The van der Waals surface area contributed by atoms with Crippen LogP contribution < -0.4 is 16.4 Å². The van der Waals surface area contributed by atoms with Crippen molar-refractivity contribution in [1.82, 2.24) is 0 Å². The summed E-state index contributed by atoms with van der Waals surface area (Å²) in [6, 6.07) is 37.5. The van der Waals surface area contributed by atoms with E-state index >= 15 is 0 Å². The summed E-state index contributed by atoms with van der Waals surface area (Å²) in [5, 5.41) is 4.33. The van der Waals surface area contributed by atoms with E-state index in [1.807, 2.05) is 45.3 Å². The minimum absolute atomic E-state index is 0.0362. The number of thiophene rings is 4. The summed E-state index contributed by atoms with van der Waals surface area (Å²) in [7, 11) is 0. The van der Waals surface area contributed by atoms with Gasteiger partial charge in [0, 0.05) is 29.3 Å². The maximum atomic E-state index is 2.54. The molecule has 0 saturated carbocycles. The molecule has 3 aromatic carbocycles. The van der Waals surface area contributed by atoms with Crippen molar-refractivity contribution in [2.24, 2.45) is 0 Å². The molecule has 0 bridgehead atoms. The van der Waals surface area contributed by atoms with Crippen molar-refractivity contribution in [2.75, 3.05) is 0 Å². The Balaban J connectivity index is 1.36. The monoisotopic (exact) mass is 762 g/mol. The molecular formula is C48H47BS4. The van der Waals surface area contributed by atoms with E-state index < -0.39 is 0 Å². The van der Waals surface area contributed by atoms with E-state index in [9.17, 15) is 0 Å². The Labute approximate surface area is 333 Å². The van der Waals surface area contributed by atoms with Crippen LogP contribution in [0.4, 0.5) is 0 Å². The molecule has 266 valence electrons. The molecule has 0 spiro atoms. The van der Waals surface area contributed by atoms with Gasteiger partial charge in [-0.05, 0) is 114 Å². The number of fused-ring (bicyclic) bond motifs is 2. The first-order valence-corrected chi connectivity index (χ1v) is 22.0. The molecule has 0 fully saturated rings. The number of rotatable bonds is 5. The lowest BCUT2D eigenvalue weighted by atomic mass is 9.33. The van der Waals surface area contributed by atoms with Crippen LogP contribution in [0.5, 0.6) is 0 Å². The van der Waals surface area contributed by atoms with E-state index in [0.717, 1.165) is 0 Å². The topological polar surface area (TPSA) is 0 Å². The fraction of sp³-hybridized carbons (Fsp3) is 0.250. The second-order valence-electron chi connectivity index (χ2n) is 17.5. The lowest BCUT2D eigenvalue weighted by Crippen LogP contribution is -2.58. The average molecular weight is 763 g/mol. The van der Waals surface area contributed by atoms with Crippen LogP contribution in [0.2, 0.25) is 0 Å². The summed E-state index contributed by atoms with van der Waals surface area (Å²) in [6.45, 7) is 21.5. The summed E-state index contributed by atoms with van der Waals surface area (Å²) in [5.41, 5.74) is 13.6. The first-order chi connectivity index (χ1) is 25.1. The molecule has 0 atom stereocenters. The molecule has 53 heavy (non-hydrogen) atoms. The van der Waals surface area contributed by atoms with Crippen LogP contribution in [0.25, 0.3) is 52.5 Å². The Morgan fingerprint density at radius 2 is 0.868 bits per heavy atom. The van der Waals surface area contributed by atoms with Crippen LogP contribution in [-0.4, -0.2) is 6.71 Å². The third kappa shape index (κ3) is 7.03. The maximum Gasteiger partial charge on any atom is 0.243 e. The number of benzene rings is 3. The van der Waals surface area contributed by atoms with E-state index in [-0.39, 0.29) is 23.0 Å². The molecule has 0 saturated heterocycles. The van der Waals surface area contributed by atoms with E-state index in [1.165, 1.54) is 84.6 Å². The highest BCUT2D eigenvalue weighted by atomic mass is 32.1. The Kier molecular flexibility index (Phi) is 9.26. The SMILES string of the molecule is CC(C)(C)c1cc(C(C)(C)C)c(B2c3ccc(-c4ccc(-c5cccs5)s4)cc3C=Cc3cc(-c4ccc(-c5cccs5)s4)ccc32)c(C(C)(C)C)c1. The van der Waals surface area contributed by atoms with Crippen molar-refractivity contribution in [2.45, 2.75) is 78.6 Å². The fourth-order valence-corrected chi connectivity index (χ4v) is 11.3. The molecule has 5 heteroatoms. The molecule has 0 aliphatic carbocycles. The average Bonchev–Trinajstić information content (AvgIpc) is 3.93. The number of hydrogen-bond acceptors (Lipinski definition) is 4. The third-order valence-electron chi connectivity index (χ3n) is 10.5. The van der Waals surface area contributed by atoms with Gasteiger partial charge in [-0.3, -0.25) is 0 Å². The molecule has 0 unspecified atom stereocenters. The van der Waals surface area contributed by atoms with Crippen LogP contribution in [0.15, 0.2) is 108 Å². The first kappa shape index (κ1) is 36.3. The predicted octanol–water partition coefficient (Wildman–Crippen LogP) is 13.5. The fourth-order valence-electron chi connectivity index (χ4n) is 7.66. The highest BCUT2D eigenvalue weighted by Crippen LogP contribution is 2.40. The molecule has 0 N–H and O–H groups in total. The van der Waals surface area contributed by atoms with Gasteiger partial charge >= 0.3 is 0 Å². The van der Waals surface area contributed by atoms with Crippen molar-refractivity contribution >= 4 is 80.6 Å². The van der Waals surface area contributed by atoms with Gasteiger partial charge in [-0.15, -0.1) is 45.3 Å². The molecule has 1 aliphatic rings. The lowest BCUT2D eigenvalue weighted by Gasteiger charge is -2.36. The summed E-state index contributed by atoms with van der Waals surface area (Å²) in [6.07, 6.45) is 4.77. The summed E-state index contributed by atoms with van der Waals surface area (Å²) in [4.78, 5) is 7.95. The van der Waals surface area contributed by atoms with Gasteiger partial charge < -0.3 is 0 Å². The van der Waals surface area contributed by atoms with Crippen LogP contribution >= 0.6 is 45.3 Å². The molecule has 0 nitrogen and oxygen atoms in total. The second-order valence-corrected chi connectivity index (χ2v) is 21.5. The van der Waals surface area contributed by atoms with E-state index in [1.54, 1.807) is 0 Å². The molecule has 4 aromatic heterocycles. The van der Waals surface area contributed by atoms with Crippen molar-refractivity contribution in [3.63, 3.8) is 0 Å². The minimum atomic E-state index is -0.0547. The molecule has 0 radical (unpaired) electrons. The zero-order valence-corrected chi connectivity index (χ0v) is 35.5. The molecule has 0 amide bonds. The number of hydrogen-bond donors (Lipinski definition) is 0. The van der Waals surface area contributed by atoms with Crippen molar-refractivity contribution in [3.05, 3.63) is 136 Å². The minimum Gasteiger partial charge on any atom is -0.143 e. The quantitative estimate of drug-likeness (QED) is 0.153. The molecule has 1 aliphatic heterocycles. The molecule has 7 aromatic rings. The summed E-state index contributed by atoms with van der Waals surface area (Å²) >= 11 is 7.40. The highest BCUT2D eigenvalue weighted by Gasteiger charge is 2.38. The van der Waals surface area contributed by atoms with Gasteiger partial charge in [0.15, 0.2) is 0 Å². The van der Waals surface area contributed by atoms with E-state index in [2.05, 4.69) is 182 Å². The van der Waals surface area contributed by atoms with Gasteiger partial charge in [0.2, 0.25) is 6.71 Å². The van der Waals surface area contributed by atoms with Crippen LogP contribution in [0, 0.1) is 0 Å². The highest BCUT2D eigenvalue weighted by molar-refractivity contribution is 7.23. The van der Waals surface area contributed by atoms with Gasteiger partial charge in [0.05, 0.1) is 0 Å². The Hall–Kier alpha value is -3.74. The predicted molar refractivity (Wildman–Crippen MR) is 242 cm³/mol. The largest absolute Gasteiger partial charge is 0.243 e. The van der Waals surface area contributed by atoms with Crippen molar-refractivity contribution in [3.8, 4) is 40.4 Å². The van der Waals surface area contributed by atoms with Gasteiger partial charge in [0.25, 0.3) is 0 Å². The summed E-state index contributed by atoms with van der Waals surface area (Å²) < 4.78 is 0.